The van der Waals surface area contributed by atoms with E-state index in [0.29, 0.717) is 18.1 Å². The molecule has 21 heavy (non-hydrogen) atoms. The number of furan rings is 2. The van der Waals surface area contributed by atoms with Crippen LogP contribution in [0.5, 0.6) is 0 Å². The third-order valence-corrected chi connectivity index (χ3v) is 3.84. The van der Waals surface area contributed by atoms with Gasteiger partial charge < -0.3 is 14.2 Å². The summed E-state index contributed by atoms with van der Waals surface area (Å²) in [6.45, 7) is 1.30. The molecule has 0 aliphatic heterocycles. The lowest BCUT2D eigenvalue weighted by molar-refractivity contribution is 0.455. The number of nitrogens with one attached hydrogen (secondary N) is 1. The van der Waals surface area contributed by atoms with Crippen LogP contribution in [-0.4, -0.2) is 0 Å². The summed E-state index contributed by atoms with van der Waals surface area (Å²) in [5, 5.41) is 3.93. The summed E-state index contributed by atoms with van der Waals surface area (Å²) in [6, 6.07) is 13.4. The summed E-state index contributed by atoms with van der Waals surface area (Å²) >= 11 is 9.62. The molecule has 0 amide bonds. The summed E-state index contributed by atoms with van der Waals surface area (Å²) in [5.74, 6) is 2.52. The Bertz CT molecular complexity index is 722. The van der Waals surface area contributed by atoms with Gasteiger partial charge in [0.2, 0.25) is 0 Å². The van der Waals surface area contributed by atoms with Crippen molar-refractivity contribution in [3.8, 4) is 11.3 Å². The molecule has 0 aliphatic carbocycles. The van der Waals surface area contributed by atoms with Gasteiger partial charge in [0.05, 0.1) is 24.4 Å². The van der Waals surface area contributed by atoms with Crippen LogP contribution in [0.1, 0.15) is 11.5 Å². The van der Waals surface area contributed by atoms with Crippen molar-refractivity contribution in [1.82, 2.24) is 5.32 Å². The third-order valence-electron chi connectivity index (χ3n) is 3.04. The average Bonchev–Trinajstić information content (AvgIpc) is 3.10. The number of benzene rings is 1. The minimum Gasteiger partial charge on any atom is -0.468 e. The largest absolute Gasteiger partial charge is 0.468 e. The first-order chi connectivity index (χ1) is 10.2. The van der Waals surface area contributed by atoms with Crippen LogP contribution in [0.3, 0.4) is 0 Å². The maximum absolute atomic E-state index is 6.23. The normalized spacial score (nSPS) is 11.0. The maximum Gasteiger partial charge on any atom is 0.135 e. The molecule has 0 saturated heterocycles. The van der Waals surface area contributed by atoms with Crippen molar-refractivity contribution in [3.63, 3.8) is 0 Å². The molecule has 0 unspecified atom stereocenters. The Hall–Kier alpha value is -1.49. The maximum atomic E-state index is 6.23. The van der Waals surface area contributed by atoms with Gasteiger partial charge in [0.15, 0.2) is 0 Å². The highest BCUT2D eigenvalue weighted by Crippen LogP contribution is 2.31. The quantitative estimate of drug-likeness (QED) is 0.670. The first kappa shape index (κ1) is 14.4. The first-order valence-electron chi connectivity index (χ1n) is 6.49. The van der Waals surface area contributed by atoms with E-state index >= 15 is 0 Å². The van der Waals surface area contributed by atoms with Crippen LogP contribution in [0.2, 0.25) is 5.02 Å². The highest BCUT2D eigenvalue weighted by Gasteiger charge is 2.09. The van der Waals surface area contributed by atoms with Crippen LogP contribution >= 0.6 is 27.5 Å². The van der Waals surface area contributed by atoms with Crippen LogP contribution in [0.25, 0.3) is 11.3 Å². The van der Waals surface area contributed by atoms with Crippen molar-refractivity contribution in [2.24, 2.45) is 0 Å². The predicted octanol–water partition coefficient (Wildman–Crippen LogP) is 5.25. The zero-order chi connectivity index (χ0) is 14.7. The molecule has 5 heteroatoms. The molecule has 1 aromatic carbocycles. The zero-order valence-corrected chi connectivity index (χ0v) is 13.4. The van der Waals surface area contributed by atoms with E-state index in [4.69, 9.17) is 20.4 Å². The monoisotopic (exact) mass is 365 g/mol. The van der Waals surface area contributed by atoms with Gasteiger partial charge in [0.1, 0.15) is 17.3 Å². The molecule has 0 radical (unpaired) electrons. The smallest absolute Gasteiger partial charge is 0.135 e. The van der Waals surface area contributed by atoms with Crippen molar-refractivity contribution < 1.29 is 8.83 Å². The molecule has 0 aliphatic rings. The van der Waals surface area contributed by atoms with Gasteiger partial charge in [-0.15, -0.1) is 0 Å². The Morgan fingerprint density at radius 2 is 1.90 bits per heavy atom. The zero-order valence-electron chi connectivity index (χ0n) is 11.1. The minimum atomic E-state index is 0.634. The molecule has 0 bridgehead atoms. The van der Waals surface area contributed by atoms with Gasteiger partial charge in [0, 0.05) is 10.0 Å². The Morgan fingerprint density at radius 3 is 2.67 bits per heavy atom. The number of hydrogen-bond donors (Lipinski definition) is 1. The lowest BCUT2D eigenvalue weighted by Crippen LogP contribution is -2.11. The van der Waals surface area contributed by atoms with E-state index in [0.717, 1.165) is 27.3 Å². The lowest BCUT2D eigenvalue weighted by Gasteiger charge is -2.02. The Morgan fingerprint density at radius 1 is 1.05 bits per heavy atom. The first-order valence-corrected chi connectivity index (χ1v) is 7.67. The van der Waals surface area contributed by atoms with Gasteiger partial charge in [-0.2, -0.15) is 0 Å². The van der Waals surface area contributed by atoms with Crippen molar-refractivity contribution >= 4 is 27.5 Å². The SMILES string of the molecule is Clc1cc(Br)ccc1-c1ccc(CNCc2ccco2)o1. The number of halogens is 2. The molecule has 3 aromatic rings. The molecule has 0 saturated carbocycles. The second-order valence-corrected chi connectivity index (χ2v) is 5.90. The van der Waals surface area contributed by atoms with Crippen LogP contribution < -0.4 is 5.32 Å². The van der Waals surface area contributed by atoms with Gasteiger partial charge in [0.25, 0.3) is 0 Å². The second-order valence-electron chi connectivity index (χ2n) is 4.57. The third kappa shape index (κ3) is 3.59. The predicted molar refractivity (Wildman–Crippen MR) is 86.1 cm³/mol. The van der Waals surface area contributed by atoms with Gasteiger partial charge in [-0.05, 0) is 42.5 Å². The van der Waals surface area contributed by atoms with Crippen molar-refractivity contribution in [3.05, 3.63) is 69.7 Å². The second kappa shape index (κ2) is 6.52. The minimum absolute atomic E-state index is 0.634. The molecule has 0 atom stereocenters. The van der Waals surface area contributed by atoms with E-state index in [9.17, 15) is 0 Å². The van der Waals surface area contributed by atoms with Crippen LogP contribution in [0, 0.1) is 0 Å². The van der Waals surface area contributed by atoms with E-state index in [1.54, 1.807) is 6.26 Å². The Balaban J connectivity index is 1.65. The molecule has 108 valence electrons. The van der Waals surface area contributed by atoms with E-state index in [1.165, 1.54) is 0 Å². The molecule has 1 N–H and O–H groups in total. The van der Waals surface area contributed by atoms with Crippen molar-refractivity contribution in [2.75, 3.05) is 0 Å². The summed E-state index contributed by atoms with van der Waals surface area (Å²) in [4.78, 5) is 0. The van der Waals surface area contributed by atoms with Crippen LogP contribution in [0.15, 0.2) is 62.0 Å². The molecule has 3 rings (SSSR count). The number of rotatable bonds is 5. The molecular weight excluding hydrogens is 354 g/mol. The van der Waals surface area contributed by atoms with Crippen LogP contribution in [0.4, 0.5) is 0 Å². The fraction of sp³-hybridized carbons (Fsp3) is 0.125. The number of hydrogen-bond acceptors (Lipinski definition) is 3. The molecule has 3 nitrogen and oxygen atoms in total. The van der Waals surface area contributed by atoms with Crippen molar-refractivity contribution in [2.45, 2.75) is 13.1 Å². The van der Waals surface area contributed by atoms with E-state index in [1.807, 2.05) is 42.5 Å². The summed E-state index contributed by atoms with van der Waals surface area (Å²) in [6.07, 6.45) is 1.66. The highest BCUT2D eigenvalue weighted by atomic mass is 79.9. The molecular formula is C16H13BrClNO2. The fourth-order valence-electron chi connectivity index (χ4n) is 2.03. The lowest BCUT2D eigenvalue weighted by atomic mass is 10.2. The average molecular weight is 367 g/mol. The fourth-order valence-corrected chi connectivity index (χ4v) is 2.80. The van der Waals surface area contributed by atoms with E-state index in [2.05, 4.69) is 21.2 Å². The standard InChI is InChI=1S/C16H13BrClNO2/c17-11-3-5-14(15(18)8-11)16-6-4-13(21-16)10-19-9-12-2-1-7-20-12/h1-8,19H,9-10H2. The van der Waals surface area contributed by atoms with E-state index < -0.39 is 0 Å². The van der Waals surface area contributed by atoms with Crippen molar-refractivity contribution in [1.29, 1.82) is 0 Å². The summed E-state index contributed by atoms with van der Waals surface area (Å²) < 4.78 is 12.0. The molecule has 0 spiro atoms. The Labute approximate surface area is 136 Å². The molecule has 2 heterocycles. The van der Waals surface area contributed by atoms with Crippen LogP contribution in [-0.2, 0) is 13.1 Å². The highest BCUT2D eigenvalue weighted by molar-refractivity contribution is 9.10. The molecule has 0 fully saturated rings. The van der Waals surface area contributed by atoms with Gasteiger partial charge in [-0.1, -0.05) is 27.5 Å². The Kier molecular flexibility index (Phi) is 4.48. The topological polar surface area (TPSA) is 38.3 Å². The van der Waals surface area contributed by atoms with E-state index in [-0.39, 0.29) is 0 Å². The summed E-state index contributed by atoms with van der Waals surface area (Å²) in [5.41, 5.74) is 0.886. The summed E-state index contributed by atoms with van der Waals surface area (Å²) in [7, 11) is 0. The van der Waals surface area contributed by atoms with Gasteiger partial charge in [-0.25, -0.2) is 0 Å². The van der Waals surface area contributed by atoms with Gasteiger partial charge in [-0.3, -0.25) is 0 Å². The van der Waals surface area contributed by atoms with Gasteiger partial charge >= 0.3 is 0 Å². The molecule has 2 aromatic heterocycles.